The van der Waals surface area contributed by atoms with E-state index in [1.165, 1.54) is 15.8 Å². The number of nitrogens with one attached hydrogen (secondary N) is 2. The Morgan fingerprint density at radius 3 is 2.59 bits per heavy atom. The number of fused-ring (bicyclic) bond motifs is 1. The SMILES string of the molecule is O=C(C(NCC(c1cccs1)c1c[nH]c2ccccc12)c1ccccc1)N1CCOCC1. The molecule has 2 aromatic heterocycles. The Morgan fingerprint density at radius 1 is 1.03 bits per heavy atom. The third kappa shape index (κ3) is 4.35. The molecule has 6 heteroatoms. The van der Waals surface area contributed by atoms with E-state index in [2.05, 4.69) is 52.2 Å². The van der Waals surface area contributed by atoms with Gasteiger partial charge in [0.15, 0.2) is 0 Å². The largest absolute Gasteiger partial charge is 0.378 e. The third-order valence-electron chi connectivity index (χ3n) is 6.11. The van der Waals surface area contributed by atoms with Crippen molar-refractivity contribution in [2.45, 2.75) is 12.0 Å². The summed E-state index contributed by atoms with van der Waals surface area (Å²) in [5.41, 5.74) is 3.38. The van der Waals surface area contributed by atoms with Gasteiger partial charge in [-0.2, -0.15) is 0 Å². The van der Waals surface area contributed by atoms with Gasteiger partial charge in [-0.25, -0.2) is 0 Å². The van der Waals surface area contributed by atoms with Gasteiger partial charge in [0.1, 0.15) is 6.04 Å². The van der Waals surface area contributed by atoms with Crippen molar-refractivity contribution in [3.05, 3.63) is 94.3 Å². The van der Waals surface area contributed by atoms with E-state index >= 15 is 0 Å². The molecule has 164 valence electrons. The van der Waals surface area contributed by atoms with E-state index in [1.807, 2.05) is 41.3 Å². The molecule has 5 rings (SSSR count). The van der Waals surface area contributed by atoms with Crippen LogP contribution in [0.15, 0.2) is 78.3 Å². The Balaban J connectivity index is 1.44. The fourth-order valence-electron chi connectivity index (χ4n) is 4.43. The highest BCUT2D eigenvalue weighted by Crippen LogP contribution is 2.33. The molecule has 0 aliphatic carbocycles. The number of nitrogens with zero attached hydrogens (tertiary/aromatic N) is 1. The first-order valence-electron chi connectivity index (χ1n) is 11.1. The zero-order valence-electron chi connectivity index (χ0n) is 17.9. The fraction of sp³-hybridized carbons (Fsp3) is 0.269. The van der Waals surface area contributed by atoms with Gasteiger partial charge in [-0.05, 0) is 28.6 Å². The van der Waals surface area contributed by atoms with Crippen LogP contribution in [0.5, 0.6) is 0 Å². The van der Waals surface area contributed by atoms with Crippen molar-refractivity contribution < 1.29 is 9.53 Å². The van der Waals surface area contributed by atoms with Crippen LogP contribution in [0.1, 0.15) is 28.0 Å². The highest BCUT2D eigenvalue weighted by Gasteiger charge is 2.29. The van der Waals surface area contributed by atoms with Crippen LogP contribution >= 0.6 is 11.3 Å². The summed E-state index contributed by atoms with van der Waals surface area (Å²) in [5, 5.41) is 6.98. The minimum Gasteiger partial charge on any atom is -0.378 e. The van der Waals surface area contributed by atoms with E-state index in [1.54, 1.807) is 11.3 Å². The third-order valence-corrected chi connectivity index (χ3v) is 7.10. The molecule has 0 radical (unpaired) electrons. The smallest absolute Gasteiger partial charge is 0.244 e. The van der Waals surface area contributed by atoms with Gasteiger partial charge in [0, 0.05) is 47.5 Å². The molecule has 32 heavy (non-hydrogen) atoms. The molecule has 4 aromatic rings. The molecule has 2 unspecified atom stereocenters. The van der Waals surface area contributed by atoms with Crippen LogP contribution in [-0.2, 0) is 9.53 Å². The second-order valence-electron chi connectivity index (χ2n) is 8.05. The number of H-pyrrole nitrogens is 1. The number of rotatable bonds is 7. The Bertz CT molecular complexity index is 1150. The number of aromatic nitrogens is 1. The van der Waals surface area contributed by atoms with Crippen molar-refractivity contribution >= 4 is 28.1 Å². The van der Waals surface area contributed by atoms with E-state index < -0.39 is 0 Å². The number of aromatic amines is 1. The molecule has 1 fully saturated rings. The average Bonchev–Trinajstić information content (AvgIpc) is 3.54. The van der Waals surface area contributed by atoms with Crippen LogP contribution in [0, 0.1) is 0 Å². The predicted molar refractivity (Wildman–Crippen MR) is 129 cm³/mol. The summed E-state index contributed by atoms with van der Waals surface area (Å²) in [6.45, 7) is 3.14. The summed E-state index contributed by atoms with van der Waals surface area (Å²) >= 11 is 1.76. The normalized spacial score (nSPS) is 16.2. The number of hydrogen-bond donors (Lipinski definition) is 2. The average molecular weight is 446 g/mol. The number of ether oxygens (including phenoxy) is 1. The maximum absolute atomic E-state index is 13.5. The zero-order chi connectivity index (χ0) is 21.8. The molecule has 1 aliphatic rings. The van der Waals surface area contributed by atoms with Crippen LogP contribution < -0.4 is 5.32 Å². The van der Waals surface area contributed by atoms with Crippen molar-refractivity contribution in [2.75, 3.05) is 32.8 Å². The molecular weight excluding hydrogens is 418 g/mol. The number of morpholine rings is 1. The Hall–Kier alpha value is -2.93. The lowest BCUT2D eigenvalue weighted by Gasteiger charge is -2.31. The first kappa shape index (κ1) is 20.9. The van der Waals surface area contributed by atoms with Gasteiger partial charge in [0.2, 0.25) is 5.91 Å². The number of benzene rings is 2. The van der Waals surface area contributed by atoms with E-state index in [9.17, 15) is 4.79 Å². The van der Waals surface area contributed by atoms with Gasteiger partial charge < -0.3 is 19.9 Å². The summed E-state index contributed by atoms with van der Waals surface area (Å²) in [6, 6.07) is 22.3. The molecule has 2 aromatic carbocycles. The molecule has 1 saturated heterocycles. The molecule has 0 saturated carbocycles. The molecule has 5 nitrogen and oxygen atoms in total. The van der Waals surface area contributed by atoms with Gasteiger partial charge in [0.25, 0.3) is 0 Å². The first-order valence-corrected chi connectivity index (χ1v) is 11.9. The van der Waals surface area contributed by atoms with E-state index in [4.69, 9.17) is 4.74 Å². The molecule has 0 bridgehead atoms. The number of hydrogen-bond acceptors (Lipinski definition) is 4. The number of amides is 1. The van der Waals surface area contributed by atoms with Crippen molar-refractivity contribution in [2.24, 2.45) is 0 Å². The van der Waals surface area contributed by atoms with Gasteiger partial charge >= 0.3 is 0 Å². The van der Waals surface area contributed by atoms with E-state index in [-0.39, 0.29) is 17.9 Å². The lowest BCUT2D eigenvalue weighted by Crippen LogP contribution is -2.46. The number of thiophene rings is 1. The van der Waals surface area contributed by atoms with Crippen molar-refractivity contribution in [3.63, 3.8) is 0 Å². The minimum atomic E-state index is -0.387. The van der Waals surface area contributed by atoms with Crippen LogP contribution in [0.4, 0.5) is 0 Å². The number of carbonyl (C=O) groups is 1. The summed E-state index contributed by atoms with van der Waals surface area (Å²) in [5.74, 6) is 0.262. The topological polar surface area (TPSA) is 57.4 Å². The van der Waals surface area contributed by atoms with E-state index in [0.717, 1.165) is 11.1 Å². The second kappa shape index (κ2) is 9.69. The molecule has 2 N–H and O–H groups in total. The summed E-state index contributed by atoms with van der Waals surface area (Å²) in [6.07, 6.45) is 2.11. The lowest BCUT2D eigenvalue weighted by molar-refractivity contribution is -0.137. The van der Waals surface area contributed by atoms with Crippen LogP contribution in [-0.4, -0.2) is 48.6 Å². The van der Waals surface area contributed by atoms with Crippen molar-refractivity contribution in [1.29, 1.82) is 0 Å². The standard InChI is InChI=1S/C26H27N3O2S/c30-26(29-12-14-31-15-13-29)25(19-7-2-1-3-8-19)28-18-22(24-11-6-16-32-24)21-17-27-23-10-5-4-9-20(21)23/h1-11,16-17,22,25,27-28H,12-15,18H2. The lowest BCUT2D eigenvalue weighted by atomic mass is 9.95. The molecule has 1 amide bonds. The highest BCUT2D eigenvalue weighted by atomic mass is 32.1. The zero-order valence-corrected chi connectivity index (χ0v) is 18.7. The van der Waals surface area contributed by atoms with Gasteiger partial charge in [-0.15, -0.1) is 11.3 Å². The Labute approximate surface area is 192 Å². The second-order valence-corrected chi connectivity index (χ2v) is 9.03. The predicted octanol–water partition coefficient (Wildman–Crippen LogP) is 4.55. The summed E-state index contributed by atoms with van der Waals surface area (Å²) < 4.78 is 5.46. The highest BCUT2D eigenvalue weighted by molar-refractivity contribution is 7.10. The number of para-hydroxylation sites is 1. The van der Waals surface area contributed by atoms with Gasteiger partial charge in [0.05, 0.1) is 13.2 Å². The van der Waals surface area contributed by atoms with E-state index in [0.29, 0.717) is 32.8 Å². The first-order chi connectivity index (χ1) is 15.8. The molecule has 3 heterocycles. The van der Waals surface area contributed by atoms with Crippen LogP contribution in [0.3, 0.4) is 0 Å². The minimum absolute atomic E-state index is 0.114. The Kier molecular flexibility index (Phi) is 6.34. The molecule has 0 spiro atoms. The maximum Gasteiger partial charge on any atom is 0.244 e. The van der Waals surface area contributed by atoms with Gasteiger partial charge in [-0.3, -0.25) is 4.79 Å². The summed E-state index contributed by atoms with van der Waals surface area (Å²) in [7, 11) is 0. The molecular formula is C26H27N3O2S. The fourth-order valence-corrected chi connectivity index (χ4v) is 5.28. The van der Waals surface area contributed by atoms with Crippen LogP contribution in [0.2, 0.25) is 0 Å². The van der Waals surface area contributed by atoms with Crippen LogP contribution in [0.25, 0.3) is 10.9 Å². The van der Waals surface area contributed by atoms with Gasteiger partial charge in [-0.1, -0.05) is 54.6 Å². The van der Waals surface area contributed by atoms with Crippen molar-refractivity contribution in [1.82, 2.24) is 15.2 Å². The summed E-state index contributed by atoms with van der Waals surface area (Å²) in [4.78, 5) is 20.1. The molecule has 1 aliphatic heterocycles. The number of carbonyl (C=O) groups excluding carboxylic acids is 1. The molecule has 2 atom stereocenters. The quantitative estimate of drug-likeness (QED) is 0.439. The maximum atomic E-state index is 13.5. The Morgan fingerprint density at radius 2 is 1.81 bits per heavy atom. The van der Waals surface area contributed by atoms with Crippen molar-refractivity contribution in [3.8, 4) is 0 Å². The monoisotopic (exact) mass is 445 g/mol.